The lowest BCUT2D eigenvalue weighted by molar-refractivity contribution is -0.137. The van der Waals surface area contributed by atoms with Gasteiger partial charge in [-0.1, -0.05) is 30.3 Å². The first kappa shape index (κ1) is 17.9. The van der Waals surface area contributed by atoms with Gasteiger partial charge in [-0.25, -0.2) is 5.09 Å². The van der Waals surface area contributed by atoms with E-state index in [0.717, 1.165) is 11.1 Å². The molecular formula is C16H20NO4PS. The summed E-state index contributed by atoms with van der Waals surface area (Å²) in [7, 11) is -3.68. The maximum Gasteiger partial charge on any atom is 0.303 e. The largest absolute Gasteiger partial charge is 0.481 e. The third-order valence-corrected chi connectivity index (χ3v) is 5.98. The smallest absolute Gasteiger partial charge is 0.303 e. The Balaban J connectivity index is 2.19. The van der Waals surface area contributed by atoms with Gasteiger partial charge < -0.3 is 10.00 Å². The molecule has 0 aliphatic rings. The van der Waals surface area contributed by atoms with Crippen LogP contribution in [0.3, 0.4) is 0 Å². The topological polar surface area (TPSA) is 86.6 Å². The molecule has 0 aliphatic carbocycles. The van der Waals surface area contributed by atoms with E-state index in [1.807, 2.05) is 35.0 Å². The molecular weight excluding hydrogens is 333 g/mol. The van der Waals surface area contributed by atoms with Gasteiger partial charge in [0.2, 0.25) is 0 Å². The van der Waals surface area contributed by atoms with Gasteiger partial charge in [0.1, 0.15) is 0 Å². The van der Waals surface area contributed by atoms with E-state index in [0.29, 0.717) is 0 Å². The van der Waals surface area contributed by atoms with Crippen molar-refractivity contribution in [2.45, 2.75) is 31.5 Å². The highest BCUT2D eigenvalue weighted by atomic mass is 32.1. The Labute approximate surface area is 139 Å². The number of aliphatic carboxylic acids is 1. The summed E-state index contributed by atoms with van der Waals surface area (Å²) in [5, 5.41) is 15.5. The molecule has 0 radical (unpaired) electrons. The molecule has 1 aromatic heterocycles. The molecule has 0 fully saturated rings. The zero-order chi connectivity index (χ0) is 16.9. The van der Waals surface area contributed by atoms with Crippen LogP contribution in [0.25, 0.3) is 0 Å². The van der Waals surface area contributed by atoms with E-state index in [2.05, 4.69) is 5.09 Å². The second-order valence-electron chi connectivity index (χ2n) is 5.69. The van der Waals surface area contributed by atoms with Gasteiger partial charge in [-0.2, -0.15) is 11.3 Å². The monoisotopic (exact) mass is 353 g/mol. The standard InChI is InChI=1S/C16H20NO4PS/c1-16(9-7-15(18)19,14-8-10-23-12-14)17-22(20,21)11-13-5-3-2-4-6-13/h2-6,8,10,12H,7,9,11H2,1H3,(H,18,19)(H2,17,20,21). The first-order valence-corrected chi connectivity index (χ1v) is 9.99. The number of carboxylic acid groups (broad SMARTS) is 1. The predicted octanol–water partition coefficient (Wildman–Crippen LogP) is 3.80. The van der Waals surface area contributed by atoms with Crippen molar-refractivity contribution in [2.24, 2.45) is 0 Å². The lowest BCUT2D eigenvalue weighted by Gasteiger charge is -2.32. The number of hydrogen-bond donors (Lipinski definition) is 3. The molecule has 0 amide bonds. The first-order chi connectivity index (χ1) is 10.8. The Hall–Kier alpha value is -1.46. The summed E-state index contributed by atoms with van der Waals surface area (Å²) in [6.07, 6.45) is 0.156. The summed E-state index contributed by atoms with van der Waals surface area (Å²) in [6, 6.07) is 10.9. The minimum atomic E-state index is -3.68. The second kappa shape index (κ2) is 7.41. The van der Waals surface area contributed by atoms with Crippen molar-refractivity contribution in [1.29, 1.82) is 0 Å². The summed E-state index contributed by atoms with van der Waals surface area (Å²) in [6.45, 7) is 1.77. The number of rotatable bonds is 8. The van der Waals surface area contributed by atoms with Crippen LogP contribution in [0, 0.1) is 0 Å². The van der Waals surface area contributed by atoms with Crippen molar-refractivity contribution in [3.63, 3.8) is 0 Å². The minimum absolute atomic E-state index is 0.000634. The maximum atomic E-state index is 12.6. The molecule has 2 atom stereocenters. The van der Waals surface area contributed by atoms with Gasteiger partial charge in [-0.3, -0.25) is 9.36 Å². The Bertz CT molecular complexity index is 689. The maximum absolute atomic E-state index is 12.6. The van der Waals surface area contributed by atoms with E-state index in [1.165, 1.54) is 11.3 Å². The lowest BCUT2D eigenvalue weighted by atomic mass is 9.91. The van der Waals surface area contributed by atoms with Crippen LogP contribution in [-0.4, -0.2) is 16.0 Å². The average Bonchev–Trinajstić information content (AvgIpc) is 3.00. The van der Waals surface area contributed by atoms with Crippen LogP contribution in [0.15, 0.2) is 47.2 Å². The molecule has 5 nitrogen and oxygen atoms in total. The molecule has 2 unspecified atom stereocenters. The number of carboxylic acids is 1. The predicted molar refractivity (Wildman–Crippen MR) is 91.6 cm³/mol. The van der Waals surface area contributed by atoms with Crippen molar-refractivity contribution in [3.8, 4) is 0 Å². The SMILES string of the molecule is CC(CCC(=O)O)(NP(=O)(O)Cc1ccccc1)c1ccsc1. The summed E-state index contributed by atoms with van der Waals surface area (Å²) in [5.41, 5.74) is 0.722. The zero-order valence-corrected chi connectivity index (χ0v) is 14.5. The molecule has 0 bridgehead atoms. The van der Waals surface area contributed by atoms with Crippen LogP contribution >= 0.6 is 18.9 Å². The molecule has 2 aromatic rings. The zero-order valence-electron chi connectivity index (χ0n) is 12.8. The van der Waals surface area contributed by atoms with E-state index in [4.69, 9.17) is 5.11 Å². The minimum Gasteiger partial charge on any atom is -0.481 e. The van der Waals surface area contributed by atoms with Gasteiger partial charge in [0.05, 0.1) is 11.7 Å². The van der Waals surface area contributed by atoms with E-state index in [9.17, 15) is 14.3 Å². The third kappa shape index (κ3) is 5.29. The number of benzene rings is 1. The lowest BCUT2D eigenvalue weighted by Crippen LogP contribution is -2.38. The van der Waals surface area contributed by atoms with Crippen LogP contribution < -0.4 is 5.09 Å². The van der Waals surface area contributed by atoms with Gasteiger partial charge in [-0.15, -0.1) is 0 Å². The molecule has 3 N–H and O–H groups in total. The fraction of sp³-hybridized carbons (Fsp3) is 0.312. The molecule has 0 aliphatic heterocycles. The van der Waals surface area contributed by atoms with Crippen LogP contribution in [0.1, 0.15) is 30.9 Å². The highest BCUT2D eigenvalue weighted by Gasteiger charge is 2.34. The van der Waals surface area contributed by atoms with E-state index in [1.54, 1.807) is 19.1 Å². The van der Waals surface area contributed by atoms with E-state index >= 15 is 0 Å². The fourth-order valence-electron chi connectivity index (χ4n) is 2.46. The van der Waals surface area contributed by atoms with E-state index < -0.39 is 19.0 Å². The van der Waals surface area contributed by atoms with Crippen molar-refractivity contribution in [3.05, 3.63) is 58.3 Å². The first-order valence-electron chi connectivity index (χ1n) is 7.20. The molecule has 2 rings (SSSR count). The van der Waals surface area contributed by atoms with Crippen molar-refractivity contribution >= 4 is 24.8 Å². The number of nitrogens with one attached hydrogen (secondary N) is 1. The summed E-state index contributed by atoms with van der Waals surface area (Å²) in [4.78, 5) is 21.3. The van der Waals surface area contributed by atoms with Crippen LogP contribution in [0.2, 0.25) is 0 Å². The Morgan fingerprint density at radius 3 is 2.57 bits per heavy atom. The summed E-state index contributed by atoms with van der Waals surface area (Å²) in [5.74, 6) is -0.927. The molecule has 0 saturated heterocycles. The fourth-order valence-corrected chi connectivity index (χ4v) is 5.04. The van der Waals surface area contributed by atoms with Crippen LogP contribution in [0.4, 0.5) is 0 Å². The number of carbonyl (C=O) groups is 1. The van der Waals surface area contributed by atoms with Crippen molar-refractivity contribution < 1.29 is 19.4 Å². The second-order valence-corrected chi connectivity index (χ2v) is 8.42. The summed E-state index contributed by atoms with van der Waals surface area (Å²) < 4.78 is 12.6. The van der Waals surface area contributed by atoms with Gasteiger partial charge in [0, 0.05) is 6.42 Å². The highest BCUT2D eigenvalue weighted by Crippen LogP contribution is 2.46. The van der Waals surface area contributed by atoms with Gasteiger partial charge in [0.25, 0.3) is 7.52 Å². The van der Waals surface area contributed by atoms with Crippen LogP contribution in [-0.2, 0) is 21.1 Å². The van der Waals surface area contributed by atoms with E-state index in [-0.39, 0.29) is 19.0 Å². The average molecular weight is 353 g/mol. The van der Waals surface area contributed by atoms with Crippen LogP contribution in [0.5, 0.6) is 0 Å². The van der Waals surface area contributed by atoms with Gasteiger partial charge in [0.15, 0.2) is 0 Å². The molecule has 0 saturated carbocycles. The van der Waals surface area contributed by atoms with Crippen molar-refractivity contribution in [1.82, 2.24) is 5.09 Å². The Morgan fingerprint density at radius 1 is 1.30 bits per heavy atom. The number of hydrogen-bond acceptors (Lipinski definition) is 3. The molecule has 23 heavy (non-hydrogen) atoms. The number of thiophene rings is 1. The Kier molecular flexibility index (Phi) is 5.76. The molecule has 1 aromatic carbocycles. The molecule has 124 valence electrons. The van der Waals surface area contributed by atoms with Gasteiger partial charge >= 0.3 is 5.97 Å². The summed E-state index contributed by atoms with van der Waals surface area (Å²) >= 11 is 1.47. The van der Waals surface area contributed by atoms with Crippen molar-refractivity contribution in [2.75, 3.05) is 0 Å². The molecule has 7 heteroatoms. The Morgan fingerprint density at radius 2 is 2.00 bits per heavy atom. The highest BCUT2D eigenvalue weighted by molar-refractivity contribution is 7.55. The normalized spacial score (nSPS) is 16.4. The molecule has 1 heterocycles. The van der Waals surface area contributed by atoms with Gasteiger partial charge in [-0.05, 0) is 41.3 Å². The quantitative estimate of drug-likeness (QED) is 0.628. The molecule has 0 spiro atoms. The third-order valence-electron chi connectivity index (χ3n) is 3.66.